The van der Waals surface area contributed by atoms with Gasteiger partial charge in [-0.1, -0.05) is 35.3 Å². The van der Waals surface area contributed by atoms with Gasteiger partial charge in [0.05, 0.1) is 34.9 Å². The summed E-state index contributed by atoms with van der Waals surface area (Å²) in [7, 11) is 1.41. The van der Waals surface area contributed by atoms with E-state index in [9.17, 15) is 19.8 Å². The molecule has 0 radical (unpaired) electrons. The maximum absolute atomic E-state index is 13.0. The van der Waals surface area contributed by atoms with Crippen molar-refractivity contribution in [2.75, 3.05) is 20.3 Å². The number of Topliss-reactive ketones (excluding diaryl/α,β-unsaturated/α-hetero) is 1. The molecule has 0 saturated carbocycles. The Bertz CT molecular complexity index is 1060. The monoisotopic (exact) mass is 493 g/mol. The fourth-order valence-electron chi connectivity index (χ4n) is 3.71. The molecule has 1 fully saturated rings. The van der Waals surface area contributed by atoms with Crippen LogP contribution in [0.3, 0.4) is 0 Å². The summed E-state index contributed by atoms with van der Waals surface area (Å²) in [5.74, 6) is -1.69. The minimum atomic E-state index is -0.857. The van der Waals surface area contributed by atoms with E-state index in [1.54, 1.807) is 12.1 Å². The highest BCUT2D eigenvalue weighted by molar-refractivity contribution is 6.46. The van der Waals surface area contributed by atoms with E-state index in [-0.39, 0.29) is 45.3 Å². The molecule has 2 aromatic rings. The Hall–Kier alpha value is -2.74. The second-order valence-corrected chi connectivity index (χ2v) is 8.64. The topological polar surface area (TPSA) is 96.3 Å². The number of carbonyl (C=O) groups excluding carboxylic acids is 2. The molecule has 3 rings (SSSR count). The van der Waals surface area contributed by atoms with E-state index in [1.807, 2.05) is 13.8 Å². The third kappa shape index (κ3) is 5.27. The molecule has 2 aromatic carbocycles. The highest BCUT2D eigenvalue weighted by Crippen LogP contribution is 2.42. The number of amides is 1. The quantitative estimate of drug-likeness (QED) is 0.234. The minimum Gasteiger partial charge on any atom is -0.508 e. The molecular formula is C24H25Cl2NO6. The fourth-order valence-corrected chi connectivity index (χ4v) is 4.36. The van der Waals surface area contributed by atoms with Gasteiger partial charge in [-0.15, -0.1) is 0 Å². The molecule has 176 valence electrons. The van der Waals surface area contributed by atoms with Gasteiger partial charge in [0.2, 0.25) is 0 Å². The molecule has 1 saturated heterocycles. The number of rotatable bonds is 8. The van der Waals surface area contributed by atoms with Crippen LogP contribution in [0.1, 0.15) is 37.4 Å². The Morgan fingerprint density at radius 3 is 2.27 bits per heavy atom. The van der Waals surface area contributed by atoms with Crippen LogP contribution in [-0.4, -0.2) is 53.2 Å². The van der Waals surface area contributed by atoms with Crippen molar-refractivity contribution in [3.63, 3.8) is 0 Å². The summed E-state index contributed by atoms with van der Waals surface area (Å²) >= 11 is 12.4. The van der Waals surface area contributed by atoms with E-state index in [2.05, 4.69) is 0 Å². The first kappa shape index (κ1) is 24.9. The number of hydrogen-bond donors (Lipinski definition) is 2. The molecule has 1 aliphatic rings. The van der Waals surface area contributed by atoms with Crippen LogP contribution in [0.15, 0.2) is 42.0 Å². The number of carbonyl (C=O) groups is 2. The highest BCUT2D eigenvalue weighted by Gasteiger charge is 2.45. The van der Waals surface area contributed by atoms with Gasteiger partial charge in [-0.2, -0.15) is 0 Å². The van der Waals surface area contributed by atoms with Gasteiger partial charge >= 0.3 is 0 Å². The van der Waals surface area contributed by atoms with Crippen LogP contribution in [-0.2, 0) is 14.3 Å². The summed E-state index contributed by atoms with van der Waals surface area (Å²) in [5.41, 5.74) is 0.646. The SMILES string of the molecule is COc1c(Cl)cc(/C(O)=C2\C(=O)C(=O)N(CCCOC(C)C)C2c2ccc(O)cc2)cc1Cl. The van der Waals surface area contributed by atoms with E-state index in [1.165, 1.54) is 36.3 Å². The first-order chi connectivity index (χ1) is 15.6. The van der Waals surface area contributed by atoms with Crippen LogP contribution in [0.25, 0.3) is 5.76 Å². The lowest BCUT2D eigenvalue weighted by Crippen LogP contribution is -2.31. The first-order valence-electron chi connectivity index (χ1n) is 10.4. The number of nitrogens with zero attached hydrogens (tertiary/aromatic N) is 1. The number of phenols is 1. The Balaban J connectivity index is 2.08. The number of phenolic OH excluding ortho intramolecular Hbond substituents is 1. The van der Waals surface area contributed by atoms with E-state index in [4.69, 9.17) is 32.7 Å². The van der Waals surface area contributed by atoms with Crippen LogP contribution in [0.5, 0.6) is 11.5 Å². The van der Waals surface area contributed by atoms with Crippen molar-refractivity contribution in [1.29, 1.82) is 0 Å². The van der Waals surface area contributed by atoms with Crippen molar-refractivity contribution < 1.29 is 29.3 Å². The van der Waals surface area contributed by atoms with Crippen LogP contribution >= 0.6 is 23.2 Å². The van der Waals surface area contributed by atoms with Crippen molar-refractivity contribution in [2.24, 2.45) is 0 Å². The number of likely N-dealkylation sites (tertiary alicyclic amines) is 1. The summed E-state index contributed by atoms with van der Waals surface area (Å²) in [5, 5.41) is 21.1. The van der Waals surface area contributed by atoms with Crippen molar-refractivity contribution in [3.8, 4) is 11.5 Å². The maximum atomic E-state index is 13.0. The molecule has 2 N–H and O–H groups in total. The maximum Gasteiger partial charge on any atom is 0.295 e. The zero-order valence-electron chi connectivity index (χ0n) is 18.5. The van der Waals surface area contributed by atoms with Crippen LogP contribution in [0.2, 0.25) is 10.0 Å². The molecular weight excluding hydrogens is 469 g/mol. The average Bonchev–Trinajstić information content (AvgIpc) is 3.01. The smallest absolute Gasteiger partial charge is 0.295 e. The molecule has 0 spiro atoms. The molecule has 1 heterocycles. The van der Waals surface area contributed by atoms with Gasteiger partial charge in [0.15, 0.2) is 5.75 Å². The van der Waals surface area contributed by atoms with Crippen molar-refractivity contribution >= 4 is 40.7 Å². The number of ketones is 1. The second-order valence-electron chi connectivity index (χ2n) is 7.83. The molecule has 33 heavy (non-hydrogen) atoms. The highest BCUT2D eigenvalue weighted by atomic mass is 35.5. The minimum absolute atomic E-state index is 0.0368. The van der Waals surface area contributed by atoms with Crippen LogP contribution in [0, 0.1) is 0 Å². The number of halogens is 2. The molecule has 7 nitrogen and oxygen atoms in total. The third-order valence-electron chi connectivity index (χ3n) is 5.22. The summed E-state index contributed by atoms with van der Waals surface area (Å²) in [6.45, 7) is 4.47. The molecule has 9 heteroatoms. The van der Waals surface area contributed by atoms with E-state index < -0.39 is 23.5 Å². The van der Waals surface area contributed by atoms with Crippen molar-refractivity contribution in [2.45, 2.75) is 32.4 Å². The molecule has 1 unspecified atom stereocenters. The number of aliphatic hydroxyl groups is 1. The zero-order chi connectivity index (χ0) is 24.3. The Morgan fingerprint density at radius 1 is 1.12 bits per heavy atom. The molecule has 0 aliphatic carbocycles. The van der Waals surface area contributed by atoms with Gasteiger partial charge in [0, 0.05) is 18.7 Å². The lowest BCUT2D eigenvalue weighted by Gasteiger charge is -2.25. The van der Waals surface area contributed by atoms with E-state index in [0.717, 1.165) is 0 Å². The largest absolute Gasteiger partial charge is 0.508 e. The van der Waals surface area contributed by atoms with E-state index in [0.29, 0.717) is 18.6 Å². The second kappa shape index (κ2) is 10.5. The van der Waals surface area contributed by atoms with Gasteiger partial charge < -0.3 is 24.6 Å². The Labute approximate surface area is 202 Å². The average molecular weight is 494 g/mol. The summed E-state index contributed by atoms with van der Waals surface area (Å²) in [6.07, 6.45) is 0.540. The van der Waals surface area contributed by atoms with Crippen molar-refractivity contribution in [1.82, 2.24) is 4.90 Å². The van der Waals surface area contributed by atoms with Gasteiger partial charge in [0.1, 0.15) is 11.5 Å². The van der Waals surface area contributed by atoms with Gasteiger partial charge in [0.25, 0.3) is 11.7 Å². The number of ether oxygens (including phenoxy) is 2. The molecule has 1 aliphatic heterocycles. The molecule has 1 amide bonds. The lowest BCUT2D eigenvalue weighted by molar-refractivity contribution is -0.140. The van der Waals surface area contributed by atoms with Gasteiger partial charge in [-0.3, -0.25) is 9.59 Å². The predicted octanol–water partition coefficient (Wildman–Crippen LogP) is 4.94. The van der Waals surface area contributed by atoms with Crippen LogP contribution < -0.4 is 4.74 Å². The predicted molar refractivity (Wildman–Crippen MR) is 126 cm³/mol. The number of methoxy groups -OCH3 is 1. The summed E-state index contributed by atoms with van der Waals surface area (Å²) in [6, 6.07) is 8.09. The number of benzene rings is 2. The standard InChI is InChI=1S/C24H25Cl2NO6/c1-13(2)33-10-4-9-27-20(14-5-7-16(28)8-6-14)19(22(30)24(27)31)21(29)15-11-17(25)23(32-3)18(26)12-15/h5-8,11-13,20,28-29H,4,9-10H2,1-3H3/b21-19+. The van der Waals surface area contributed by atoms with Gasteiger partial charge in [-0.05, 0) is 50.1 Å². The Morgan fingerprint density at radius 2 is 1.73 bits per heavy atom. The number of aliphatic hydroxyl groups excluding tert-OH is 1. The fraction of sp³-hybridized carbons (Fsp3) is 0.333. The summed E-state index contributed by atoms with van der Waals surface area (Å²) in [4.78, 5) is 27.4. The zero-order valence-corrected chi connectivity index (χ0v) is 20.0. The van der Waals surface area contributed by atoms with E-state index >= 15 is 0 Å². The van der Waals surface area contributed by atoms with Crippen molar-refractivity contribution in [3.05, 3.63) is 63.1 Å². The van der Waals surface area contributed by atoms with Crippen LogP contribution in [0.4, 0.5) is 0 Å². The number of hydrogen-bond acceptors (Lipinski definition) is 6. The first-order valence-corrected chi connectivity index (χ1v) is 11.1. The molecule has 0 aromatic heterocycles. The third-order valence-corrected chi connectivity index (χ3v) is 5.78. The Kier molecular flexibility index (Phi) is 7.89. The van der Waals surface area contributed by atoms with Gasteiger partial charge in [-0.25, -0.2) is 0 Å². The summed E-state index contributed by atoms with van der Waals surface area (Å²) < 4.78 is 10.7. The normalized spacial score (nSPS) is 17.8. The lowest BCUT2D eigenvalue weighted by atomic mass is 9.95. The molecule has 0 bridgehead atoms. The molecule has 1 atom stereocenters. The number of aromatic hydroxyl groups is 1.